The lowest BCUT2D eigenvalue weighted by Gasteiger charge is -2.05. The van der Waals surface area contributed by atoms with Crippen molar-refractivity contribution in [2.75, 3.05) is 12.4 Å². The van der Waals surface area contributed by atoms with Crippen molar-refractivity contribution < 1.29 is 14.1 Å². The highest BCUT2D eigenvalue weighted by molar-refractivity contribution is 5.90. The molecule has 116 valence electrons. The summed E-state index contributed by atoms with van der Waals surface area (Å²) in [6, 6.07) is 15.1. The Bertz CT molecular complexity index is 850. The molecule has 0 saturated carbocycles. The van der Waals surface area contributed by atoms with Gasteiger partial charge >= 0.3 is 0 Å². The molecule has 1 amide bonds. The molecule has 1 heterocycles. The van der Waals surface area contributed by atoms with Crippen LogP contribution in [-0.4, -0.2) is 17.6 Å². The van der Waals surface area contributed by atoms with Crippen LogP contribution in [0.25, 0.3) is 17.2 Å². The van der Waals surface area contributed by atoms with Crippen LogP contribution in [0.3, 0.4) is 0 Å². The fourth-order valence-electron chi connectivity index (χ4n) is 2.50. The molecule has 0 radical (unpaired) electrons. The van der Waals surface area contributed by atoms with Gasteiger partial charge in [-0.05, 0) is 36.4 Å². The highest BCUT2D eigenvalue weighted by Gasteiger charge is 2.16. The van der Waals surface area contributed by atoms with Crippen LogP contribution in [0.15, 0.2) is 61.4 Å². The molecule has 5 heteroatoms. The van der Waals surface area contributed by atoms with E-state index >= 15 is 0 Å². The minimum atomic E-state index is -0.0906. The average Bonchev–Trinajstić information content (AvgIpc) is 2.93. The van der Waals surface area contributed by atoms with Crippen molar-refractivity contribution >= 4 is 28.8 Å². The van der Waals surface area contributed by atoms with Crippen molar-refractivity contribution in [2.45, 2.75) is 6.54 Å². The van der Waals surface area contributed by atoms with Crippen molar-refractivity contribution in [3.63, 3.8) is 0 Å². The zero-order chi connectivity index (χ0) is 16.2. The van der Waals surface area contributed by atoms with Crippen LogP contribution in [0.1, 0.15) is 0 Å². The number of nitrogens with zero attached hydrogens (tertiary/aromatic N) is 2. The first-order chi connectivity index (χ1) is 11.2. The minimum absolute atomic E-state index is 0.0906. The van der Waals surface area contributed by atoms with Gasteiger partial charge in [-0.15, -0.1) is 0 Å². The molecule has 0 spiro atoms. The van der Waals surface area contributed by atoms with Gasteiger partial charge in [-0.3, -0.25) is 4.79 Å². The maximum atomic E-state index is 12.3. The Morgan fingerprint density at radius 1 is 1.26 bits per heavy atom. The Morgan fingerprint density at radius 2 is 2.00 bits per heavy atom. The van der Waals surface area contributed by atoms with Gasteiger partial charge in [0.05, 0.1) is 13.3 Å². The topological polar surface area (TPSA) is 47.1 Å². The number of ether oxygens (including phenoxy) is 1. The number of rotatable bonds is 5. The Balaban J connectivity index is 1.78. The van der Waals surface area contributed by atoms with Crippen LogP contribution in [0.4, 0.5) is 5.69 Å². The van der Waals surface area contributed by atoms with E-state index in [2.05, 4.69) is 11.9 Å². The number of carbonyl (C=O) groups excluding carboxylic acids is 1. The fourth-order valence-corrected chi connectivity index (χ4v) is 2.50. The van der Waals surface area contributed by atoms with E-state index in [1.54, 1.807) is 13.3 Å². The SMILES string of the molecule is C=Cn1c[n+](CC(=O)Nc2ccc(OC)cc2)c2ccccc21. The number of imidazole rings is 1. The molecule has 0 aliphatic heterocycles. The summed E-state index contributed by atoms with van der Waals surface area (Å²) in [5, 5.41) is 2.88. The molecular weight excluding hydrogens is 290 g/mol. The number of fused-ring (bicyclic) bond motifs is 1. The second-order valence-electron chi connectivity index (χ2n) is 5.10. The Morgan fingerprint density at radius 3 is 2.70 bits per heavy atom. The predicted octanol–water partition coefficient (Wildman–Crippen LogP) is 2.68. The number of aromatic nitrogens is 2. The van der Waals surface area contributed by atoms with E-state index in [0.717, 1.165) is 22.5 Å². The molecule has 0 aliphatic rings. The van der Waals surface area contributed by atoms with Crippen molar-refractivity contribution in [1.29, 1.82) is 0 Å². The Labute approximate surface area is 134 Å². The molecule has 1 N–H and O–H groups in total. The average molecular weight is 308 g/mol. The zero-order valence-electron chi connectivity index (χ0n) is 12.9. The number of nitrogens with one attached hydrogen (secondary N) is 1. The zero-order valence-corrected chi connectivity index (χ0v) is 12.9. The third kappa shape index (κ3) is 3.08. The molecule has 0 bridgehead atoms. The minimum Gasteiger partial charge on any atom is -0.497 e. The molecule has 1 aromatic heterocycles. The lowest BCUT2D eigenvalue weighted by Crippen LogP contribution is -2.39. The summed E-state index contributed by atoms with van der Waals surface area (Å²) in [4.78, 5) is 12.3. The number of amides is 1. The number of methoxy groups -OCH3 is 1. The maximum Gasteiger partial charge on any atom is 0.266 e. The molecule has 3 aromatic rings. The predicted molar refractivity (Wildman–Crippen MR) is 90.1 cm³/mol. The normalized spacial score (nSPS) is 10.5. The number of benzene rings is 2. The smallest absolute Gasteiger partial charge is 0.266 e. The van der Waals surface area contributed by atoms with E-state index < -0.39 is 0 Å². The fraction of sp³-hybridized carbons (Fsp3) is 0.111. The van der Waals surface area contributed by atoms with E-state index in [0.29, 0.717) is 0 Å². The third-order valence-electron chi connectivity index (χ3n) is 3.62. The van der Waals surface area contributed by atoms with Gasteiger partial charge in [0.1, 0.15) is 5.75 Å². The van der Waals surface area contributed by atoms with Gasteiger partial charge in [0.25, 0.3) is 5.91 Å². The summed E-state index contributed by atoms with van der Waals surface area (Å²) in [5.41, 5.74) is 2.74. The van der Waals surface area contributed by atoms with E-state index in [-0.39, 0.29) is 12.5 Å². The Kier molecular flexibility index (Phi) is 4.10. The quantitative estimate of drug-likeness (QED) is 0.737. The summed E-state index contributed by atoms with van der Waals surface area (Å²) in [7, 11) is 1.61. The molecule has 0 unspecified atom stereocenters. The van der Waals surface area contributed by atoms with Crippen molar-refractivity contribution in [1.82, 2.24) is 4.57 Å². The second-order valence-corrected chi connectivity index (χ2v) is 5.10. The first kappa shape index (κ1) is 14.8. The largest absolute Gasteiger partial charge is 0.497 e. The number of carbonyl (C=O) groups is 1. The van der Waals surface area contributed by atoms with Crippen LogP contribution in [0, 0.1) is 0 Å². The van der Waals surface area contributed by atoms with E-state index in [4.69, 9.17) is 4.74 Å². The van der Waals surface area contributed by atoms with Crippen molar-refractivity contribution in [3.8, 4) is 5.75 Å². The van der Waals surface area contributed by atoms with E-state index in [9.17, 15) is 4.79 Å². The van der Waals surface area contributed by atoms with Gasteiger partial charge in [-0.25, -0.2) is 9.13 Å². The Hall–Kier alpha value is -3.08. The summed E-state index contributed by atoms with van der Waals surface area (Å²) in [5.74, 6) is 0.665. The second kappa shape index (κ2) is 6.36. The summed E-state index contributed by atoms with van der Waals surface area (Å²) in [6.45, 7) is 4.02. The third-order valence-corrected chi connectivity index (χ3v) is 3.62. The molecule has 0 fully saturated rings. The van der Waals surface area contributed by atoms with Gasteiger partial charge < -0.3 is 10.1 Å². The van der Waals surface area contributed by atoms with Gasteiger partial charge in [-0.1, -0.05) is 18.7 Å². The van der Waals surface area contributed by atoms with Gasteiger partial charge in [0, 0.05) is 5.69 Å². The number of hydrogen-bond acceptors (Lipinski definition) is 2. The molecule has 0 aliphatic carbocycles. The van der Waals surface area contributed by atoms with Gasteiger partial charge in [-0.2, -0.15) is 0 Å². The lowest BCUT2D eigenvalue weighted by molar-refractivity contribution is -0.658. The molecule has 0 saturated heterocycles. The monoisotopic (exact) mass is 308 g/mol. The molecule has 23 heavy (non-hydrogen) atoms. The van der Waals surface area contributed by atoms with E-state index in [1.165, 1.54) is 0 Å². The first-order valence-electron chi connectivity index (χ1n) is 7.27. The molecule has 5 nitrogen and oxygen atoms in total. The van der Waals surface area contributed by atoms with Crippen LogP contribution in [-0.2, 0) is 11.3 Å². The number of para-hydroxylation sites is 2. The molecule has 3 rings (SSSR count). The summed E-state index contributed by atoms with van der Waals surface area (Å²) < 4.78 is 8.90. The molecule has 0 atom stereocenters. The first-order valence-corrected chi connectivity index (χ1v) is 7.27. The highest BCUT2D eigenvalue weighted by Crippen LogP contribution is 2.15. The van der Waals surface area contributed by atoms with Crippen molar-refractivity contribution in [3.05, 3.63) is 61.4 Å². The van der Waals surface area contributed by atoms with Crippen LogP contribution in [0.2, 0.25) is 0 Å². The van der Waals surface area contributed by atoms with Gasteiger partial charge in [0.15, 0.2) is 17.6 Å². The van der Waals surface area contributed by atoms with Crippen LogP contribution >= 0.6 is 0 Å². The van der Waals surface area contributed by atoms with Crippen molar-refractivity contribution in [2.24, 2.45) is 0 Å². The molecular formula is C18H18N3O2+. The maximum absolute atomic E-state index is 12.3. The highest BCUT2D eigenvalue weighted by atomic mass is 16.5. The number of anilines is 1. The van der Waals surface area contributed by atoms with Crippen LogP contribution < -0.4 is 14.6 Å². The standard InChI is InChI=1S/C18H17N3O2/c1-3-20-13-21(17-7-5-4-6-16(17)20)12-18(22)19-14-8-10-15(23-2)11-9-14/h3-11,13H,1,12H2,2H3/p+1. The van der Waals surface area contributed by atoms with E-state index in [1.807, 2.05) is 64.0 Å². The van der Waals surface area contributed by atoms with Gasteiger partial charge in [0.2, 0.25) is 6.33 Å². The molecule has 2 aromatic carbocycles. The number of hydrogen-bond donors (Lipinski definition) is 1. The summed E-state index contributed by atoms with van der Waals surface area (Å²) in [6.07, 6.45) is 3.59. The lowest BCUT2D eigenvalue weighted by atomic mass is 10.3. The summed E-state index contributed by atoms with van der Waals surface area (Å²) >= 11 is 0. The van der Waals surface area contributed by atoms with Crippen LogP contribution in [0.5, 0.6) is 5.75 Å².